The summed E-state index contributed by atoms with van der Waals surface area (Å²) in [6.07, 6.45) is 0. The lowest BCUT2D eigenvalue weighted by atomic mass is 10.1. The van der Waals surface area contributed by atoms with Gasteiger partial charge in [0.15, 0.2) is 0 Å². The molecule has 0 aliphatic rings. The van der Waals surface area contributed by atoms with Gasteiger partial charge in [0.2, 0.25) is 0 Å². The van der Waals surface area contributed by atoms with E-state index in [1.807, 2.05) is 19.9 Å². The highest BCUT2D eigenvalue weighted by molar-refractivity contribution is 6.02. The second-order valence-corrected chi connectivity index (χ2v) is 6.05. The van der Waals surface area contributed by atoms with Crippen molar-refractivity contribution < 1.29 is 9.72 Å². The van der Waals surface area contributed by atoms with Gasteiger partial charge in [-0.2, -0.15) is 5.10 Å². The van der Waals surface area contributed by atoms with Gasteiger partial charge in [-0.15, -0.1) is 0 Å². The number of non-ortho nitro benzene ring substituents is 1. The van der Waals surface area contributed by atoms with Crippen LogP contribution in [0.2, 0.25) is 0 Å². The second-order valence-electron chi connectivity index (χ2n) is 6.05. The number of carbonyl (C=O) groups excluding carboxylic acids is 1. The number of hydrazone groups is 1. The van der Waals surface area contributed by atoms with Crippen LogP contribution in [-0.4, -0.2) is 26.1 Å². The highest BCUT2D eigenvalue weighted by Gasteiger charge is 2.11. The first-order chi connectivity index (χ1) is 12.9. The van der Waals surface area contributed by atoms with Crippen molar-refractivity contribution in [1.29, 1.82) is 0 Å². The molecule has 0 aliphatic carbocycles. The Hall–Kier alpha value is -3.55. The number of nitrogens with one attached hydrogen (secondary N) is 1. The highest BCUT2D eigenvalue weighted by Crippen LogP contribution is 2.18. The van der Waals surface area contributed by atoms with Crippen LogP contribution in [0.5, 0.6) is 0 Å². The van der Waals surface area contributed by atoms with Crippen LogP contribution in [-0.2, 0) is 6.54 Å². The highest BCUT2D eigenvalue weighted by atomic mass is 16.6. The summed E-state index contributed by atoms with van der Waals surface area (Å²) in [6, 6.07) is 11.4. The fourth-order valence-corrected chi connectivity index (χ4v) is 2.90. The van der Waals surface area contributed by atoms with Gasteiger partial charge in [0.25, 0.3) is 11.6 Å². The number of aryl methyl sites for hydroxylation is 2. The molecule has 27 heavy (non-hydrogen) atoms. The molecule has 0 unspecified atom stereocenters. The fourth-order valence-electron chi connectivity index (χ4n) is 2.90. The minimum Gasteiger partial charge on any atom is -0.329 e. The van der Waals surface area contributed by atoms with Gasteiger partial charge >= 0.3 is 0 Å². The third kappa shape index (κ3) is 3.69. The molecule has 3 rings (SSSR count). The third-order valence-electron chi connectivity index (χ3n) is 4.32. The molecular weight excluding hydrogens is 346 g/mol. The van der Waals surface area contributed by atoms with Crippen LogP contribution in [0.4, 0.5) is 5.69 Å². The molecule has 0 radical (unpaired) electrons. The van der Waals surface area contributed by atoms with E-state index in [0.29, 0.717) is 16.8 Å². The average molecular weight is 365 g/mol. The number of imidazole rings is 1. The number of nitrogens with zero attached hydrogens (tertiary/aromatic N) is 4. The molecule has 1 heterocycles. The molecule has 8 heteroatoms. The Morgan fingerprint density at radius 3 is 2.74 bits per heavy atom. The molecule has 0 atom stereocenters. The van der Waals surface area contributed by atoms with E-state index in [2.05, 4.69) is 20.1 Å². The Kier molecular flexibility index (Phi) is 4.98. The smallest absolute Gasteiger partial charge is 0.271 e. The van der Waals surface area contributed by atoms with Gasteiger partial charge in [-0.1, -0.05) is 12.1 Å². The van der Waals surface area contributed by atoms with Crippen LogP contribution in [0.1, 0.15) is 35.6 Å². The average Bonchev–Trinajstić information content (AvgIpc) is 2.99. The molecule has 2 aromatic carbocycles. The molecular formula is C19H19N5O3. The van der Waals surface area contributed by atoms with E-state index in [4.69, 9.17) is 0 Å². The maximum Gasteiger partial charge on any atom is 0.271 e. The molecule has 8 nitrogen and oxygen atoms in total. The van der Waals surface area contributed by atoms with E-state index < -0.39 is 4.92 Å². The lowest BCUT2D eigenvalue weighted by Gasteiger charge is -2.04. The zero-order valence-electron chi connectivity index (χ0n) is 15.3. The number of hydrogen-bond acceptors (Lipinski definition) is 5. The molecule has 0 spiro atoms. The van der Waals surface area contributed by atoms with Gasteiger partial charge < -0.3 is 4.57 Å². The van der Waals surface area contributed by atoms with E-state index in [9.17, 15) is 14.9 Å². The number of amides is 1. The number of nitro benzene ring substituents is 1. The first-order valence-electron chi connectivity index (χ1n) is 8.47. The van der Waals surface area contributed by atoms with E-state index >= 15 is 0 Å². The van der Waals surface area contributed by atoms with Crippen LogP contribution < -0.4 is 5.43 Å². The summed E-state index contributed by atoms with van der Waals surface area (Å²) < 4.78 is 2.07. The van der Waals surface area contributed by atoms with E-state index in [1.54, 1.807) is 31.2 Å². The van der Waals surface area contributed by atoms with Crippen molar-refractivity contribution in [3.8, 4) is 0 Å². The summed E-state index contributed by atoms with van der Waals surface area (Å²) in [5, 5.41) is 14.9. The first kappa shape index (κ1) is 18.2. The molecule has 1 N–H and O–H groups in total. The van der Waals surface area contributed by atoms with Crippen molar-refractivity contribution in [2.45, 2.75) is 27.3 Å². The van der Waals surface area contributed by atoms with Crippen molar-refractivity contribution in [1.82, 2.24) is 15.0 Å². The standard InChI is InChI=1S/C19H19N5O3/c1-4-23-13(3)20-17-11-15(8-9-18(17)23)19(25)22-21-12(2)14-6-5-7-16(10-14)24(26)27/h5-11H,4H2,1-3H3,(H,22,25)/b21-12+. The van der Waals surface area contributed by atoms with E-state index in [0.717, 1.165) is 23.4 Å². The van der Waals surface area contributed by atoms with Crippen molar-refractivity contribution >= 4 is 28.3 Å². The fraction of sp³-hybridized carbons (Fsp3) is 0.211. The number of carbonyl (C=O) groups is 1. The Balaban J connectivity index is 1.80. The Bertz CT molecular complexity index is 1070. The Labute approximate surface area is 155 Å². The molecule has 0 fully saturated rings. The van der Waals surface area contributed by atoms with Crippen LogP contribution in [0.15, 0.2) is 47.6 Å². The molecule has 0 bridgehead atoms. The monoisotopic (exact) mass is 365 g/mol. The van der Waals surface area contributed by atoms with E-state index in [-0.39, 0.29) is 11.6 Å². The van der Waals surface area contributed by atoms with Gasteiger partial charge in [-0.3, -0.25) is 14.9 Å². The summed E-state index contributed by atoms with van der Waals surface area (Å²) in [5.74, 6) is 0.523. The van der Waals surface area contributed by atoms with Crippen LogP contribution >= 0.6 is 0 Å². The van der Waals surface area contributed by atoms with Gasteiger partial charge in [0.1, 0.15) is 5.82 Å². The SMILES string of the molecule is CCn1c(C)nc2cc(C(=O)N/N=C(\C)c3cccc([N+](=O)[O-])c3)ccc21. The number of aromatic nitrogens is 2. The lowest BCUT2D eigenvalue weighted by molar-refractivity contribution is -0.384. The zero-order valence-corrected chi connectivity index (χ0v) is 15.3. The Morgan fingerprint density at radius 2 is 2.04 bits per heavy atom. The van der Waals surface area contributed by atoms with Crippen molar-refractivity contribution in [2.24, 2.45) is 5.10 Å². The maximum absolute atomic E-state index is 12.4. The number of hydrogen-bond donors (Lipinski definition) is 1. The molecule has 0 saturated carbocycles. The minimum atomic E-state index is -0.470. The molecule has 0 aliphatic heterocycles. The minimum absolute atomic E-state index is 0.0271. The molecule has 1 amide bonds. The van der Waals surface area contributed by atoms with Crippen molar-refractivity contribution in [3.63, 3.8) is 0 Å². The predicted molar refractivity (Wildman–Crippen MR) is 103 cm³/mol. The van der Waals surface area contributed by atoms with Crippen LogP contribution in [0.25, 0.3) is 11.0 Å². The predicted octanol–water partition coefficient (Wildman–Crippen LogP) is 3.43. The quantitative estimate of drug-likeness (QED) is 0.425. The molecule has 1 aromatic heterocycles. The normalized spacial score (nSPS) is 11.6. The third-order valence-corrected chi connectivity index (χ3v) is 4.32. The van der Waals surface area contributed by atoms with Crippen LogP contribution in [0.3, 0.4) is 0 Å². The summed E-state index contributed by atoms with van der Waals surface area (Å²) in [7, 11) is 0. The topological polar surface area (TPSA) is 102 Å². The number of nitro groups is 1. The van der Waals surface area contributed by atoms with Crippen LogP contribution in [0, 0.1) is 17.0 Å². The second kappa shape index (κ2) is 7.36. The number of benzene rings is 2. The van der Waals surface area contributed by atoms with E-state index in [1.165, 1.54) is 12.1 Å². The number of rotatable bonds is 5. The van der Waals surface area contributed by atoms with Crippen molar-refractivity contribution in [2.75, 3.05) is 0 Å². The first-order valence-corrected chi connectivity index (χ1v) is 8.47. The molecule has 0 saturated heterocycles. The maximum atomic E-state index is 12.4. The largest absolute Gasteiger partial charge is 0.329 e. The van der Waals surface area contributed by atoms with Gasteiger partial charge in [-0.05, 0) is 39.0 Å². The van der Waals surface area contributed by atoms with Crippen molar-refractivity contribution in [3.05, 3.63) is 69.5 Å². The van der Waals surface area contributed by atoms with Gasteiger partial charge in [0.05, 0.1) is 21.7 Å². The van der Waals surface area contributed by atoms with Gasteiger partial charge in [-0.25, -0.2) is 10.4 Å². The summed E-state index contributed by atoms with van der Waals surface area (Å²) in [6.45, 7) is 6.45. The molecule has 3 aromatic rings. The lowest BCUT2D eigenvalue weighted by Crippen LogP contribution is -2.19. The van der Waals surface area contributed by atoms with Gasteiger partial charge in [0, 0.05) is 29.8 Å². The zero-order chi connectivity index (χ0) is 19.6. The summed E-state index contributed by atoms with van der Waals surface area (Å²) >= 11 is 0. The summed E-state index contributed by atoms with van der Waals surface area (Å²) in [5.41, 5.74) is 5.67. The number of fused-ring (bicyclic) bond motifs is 1. The Morgan fingerprint density at radius 1 is 1.26 bits per heavy atom. The molecule has 138 valence electrons. The summed E-state index contributed by atoms with van der Waals surface area (Å²) in [4.78, 5) is 27.3.